The van der Waals surface area contributed by atoms with Crippen LogP contribution >= 0.6 is 0 Å². The molecule has 0 saturated heterocycles. The lowest BCUT2D eigenvalue weighted by molar-refractivity contribution is 0.318. The summed E-state index contributed by atoms with van der Waals surface area (Å²) in [5.74, 6) is 0.0182. The quantitative estimate of drug-likeness (QED) is 0.337. The molecule has 0 unspecified atom stereocenters. The Morgan fingerprint density at radius 2 is 2.20 bits per heavy atom. The molecule has 0 aliphatic rings. The first-order chi connectivity index (χ1) is 9.74. The molecule has 0 fully saturated rings. The van der Waals surface area contributed by atoms with Crippen molar-refractivity contribution in [1.82, 2.24) is 4.98 Å². The zero-order valence-corrected chi connectivity index (χ0v) is 11.4. The minimum atomic E-state index is 0.0182. The Labute approximate surface area is 118 Å². The number of rotatable bonds is 5. The van der Waals surface area contributed by atoms with Crippen LogP contribution in [0.25, 0.3) is 0 Å². The Balaban J connectivity index is 2.14. The summed E-state index contributed by atoms with van der Waals surface area (Å²) in [6.45, 7) is 2.68. The molecule has 0 spiro atoms. The first-order valence-corrected chi connectivity index (χ1v) is 6.49. The molecular weight excluding hydrogens is 252 g/mol. The van der Waals surface area contributed by atoms with Crippen LogP contribution in [0.15, 0.2) is 47.8 Å². The molecule has 0 radical (unpaired) electrons. The SMILES string of the molecule is CCc1cccc(NCc2cccnc2C(N)=NO)c1. The van der Waals surface area contributed by atoms with Crippen LogP contribution in [0.3, 0.4) is 0 Å². The monoisotopic (exact) mass is 270 g/mol. The molecule has 4 N–H and O–H groups in total. The summed E-state index contributed by atoms with van der Waals surface area (Å²) in [6.07, 6.45) is 2.62. The number of hydrogen-bond donors (Lipinski definition) is 3. The summed E-state index contributed by atoms with van der Waals surface area (Å²) in [5.41, 5.74) is 9.31. The number of nitrogens with one attached hydrogen (secondary N) is 1. The molecule has 20 heavy (non-hydrogen) atoms. The predicted molar refractivity (Wildman–Crippen MR) is 79.9 cm³/mol. The highest BCUT2D eigenvalue weighted by Crippen LogP contribution is 2.13. The second-order valence-electron chi connectivity index (χ2n) is 4.40. The zero-order valence-electron chi connectivity index (χ0n) is 11.4. The highest BCUT2D eigenvalue weighted by Gasteiger charge is 2.07. The maximum Gasteiger partial charge on any atom is 0.189 e. The molecule has 1 aromatic heterocycles. The van der Waals surface area contributed by atoms with Gasteiger partial charge in [0.15, 0.2) is 5.84 Å². The maximum atomic E-state index is 8.77. The van der Waals surface area contributed by atoms with Crippen LogP contribution in [0.1, 0.15) is 23.7 Å². The van der Waals surface area contributed by atoms with E-state index in [4.69, 9.17) is 10.9 Å². The van der Waals surface area contributed by atoms with Gasteiger partial charge in [-0.1, -0.05) is 30.3 Å². The third-order valence-corrected chi connectivity index (χ3v) is 3.06. The topological polar surface area (TPSA) is 83.5 Å². The number of aryl methyl sites for hydroxylation is 1. The van der Waals surface area contributed by atoms with Gasteiger partial charge in [0, 0.05) is 24.0 Å². The fraction of sp³-hybridized carbons (Fsp3) is 0.200. The minimum absolute atomic E-state index is 0.0182. The Bertz CT molecular complexity index is 610. The summed E-state index contributed by atoms with van der Waals surface area (Å²) in [4.78, 5) is 4.14. The summed E-state index contributed by atoms with van der Waals surface area (Å²) in [6, 6.07) is 12.0. The number of amidine groups is 1. The highest BCUT2D eigenvalue weighted by atomic mass is 16.4. The second kappa shape index (κ2) is 6.56. The number of benzene rings is 1. The van der Waals surface area contributed by atoms with Crippen LogP contribution < -0.4 is 11.1 Å². The van der Waals surface area contributed by atoms with Crippen LogP contribution in [-0.4, -0.2) is 16.0 Å². The standard InChI is InChI=1S/C15H18N4O/c1-2-11-5-3-7-13(9-11)18-10-12-6-4-8-17-14(12)15(16)19-20/h3-9,18,20H,2,10H2,1H3,(H2,16,19). The van der Waals surface area contributed by atoms with Gasteiger partial charge in [-0.05, 0) is 30.2 Å². The average Bonchev–Trinajstić information content (AvgIpc) is 2.52. The molecule has 104 valence electrons. The third kappa shape index (κ3) is 3.26. The Morgan fingerprint density at radius 1 is 1.35 bits per heavy atom. The van der Waals surface area contributed by atoms with Gasteiger partial charge in [-0.15, -0.1) is 0 Å². The summed E-state index contributed by atoms with van der Waals surface area (Å²) >= 11 is 0. The van der Waals surface area contributed by atoms with E-state index in [9.17, 15) is 0 Å². The van der Waals surface area contributed by atoms with Gasteiger partial charge in [0.1, 0.15) is 5.69 Å². The van der Waals surface area contributed by atoms with Gasteiger partial charge in [0.2, 0.25) is 0 Å². The number of oxime groups is 1. The molecule has 5 heteroatoms. The molecule has 0 atom stereocenters. The van der Waals surface area contributed by atoms with Crippen molar-refractivity contribution in [1.29, 1.82) is 0 Å². The van der Waals surface area contributed by atoms with E-state index in [1.54, 1.807) is 6.20 Å². The molecule has 2 aromatic rings. The molecule has 0 saturated carbocycles. The van der Waals surface area contributed by atoms with Gasteiger partial charge in [0.05, 0.1) is 0 Å². The Kier molecular flexibility index (Phi) is 4.55. The maximum absolute atomic E-state index is 8.77. The van der Waals surface area contributed by atoms with E-state index in [2.05, 4.69) is 34.5 Å². The van der Waals surface area contributed by atoms with Gasteiger partial charge in [0.25, 0.3) is 0 Å². The van der Waals surface area contributed by atoms with Crippen LogP contribution in [0, 0.1) is 0 Å². The minimum Gasteiger partial charge on any atom is -0.409 e. The van der Waals surface area contributed by atoms with E-state index in [0.29, 0.717) is 12.2 Å². The Morgan fingerprint density at radius 3 is 2.95 bits per heavy atom. The number of anilines is 1. The van der Waals surface area contributed by atoms with Crippen molar-refractivity contribution in [3.8, 4) is 0 Å². The molecule has 0 bridgehead atoms. The van der Waals surface area contributed by atoms with E-state index < -0.39 is 0 Å². The number of hydrogen-bond acceptors (Lipinski definition) is 4. The van der Waals surface area contributed by atoms with Gasteiger partial charge < -0.3 is 16.3 Å². The van der Waals surface area contributed by atoms with Crippen molar-refractivity contribution in [2.24, 2.45) is 10.9 Å². The largest absolute Gasteiger partial charge is 0.409 e. The lowest BCUT2D eigenvalue weighted by Crippen LogP contribution is -2.18. The van der Waals surface area contributed by atoms with Crippen LogP contribution in [0.4, 0.5) is 5.69 Å². The van der Waals surface area contributed by atoms with Gasteiger partial charge >= 0.3 is 0 Å². The summed E-state index contributed by atoms with van der Waals surface area (Å²) < 4.78 is 0. The number of nitrogens with two attached hydrogens (primary N) is 1. The predicted octanol–water partition coefficient (Wildman–Crippen LogP) is 2.35. The van der Waals surface area contributed by atoms with Crippen molar-refractivity contribution in [2.75, 3.05) is 5.32 Å². The van der Waals surface area contributed by atoms with Gasteiger partial charge in [-0.25, -0.2) is 0 Å². The van der Waals surface area contributed by atoms with Crippen molar-refractivity contribution in [3.63, 3.8) is 0 Å². The van der Waals surface area contributed by atoms with Crippen molar-refractivity contribution in [3.05, 3.63) is 59.4 Å². The van der Waals surface area contributed by atoms with Crippen molar-refractivity contribution in [2.45, 2.75) is 19.9 Å². The van der Waals surface area contributed by atoms with E-state index in [-0.39, 0.29) is 5.84 Å². The molecule has 0 amide bonds. The molecule has 5 nitrogen and oxygen atoms in total. The molecule has 0 aliphatic heterocycles. The Hall–Kier alpha value is -2.56. The van der Waals surface area contributed by atoms with E-state index in [0.717, 1.165) is 17.7 Å². The lowest BCUT2D eigenvalue weighted by atomic mass is 10.1. The molecular formula is C15H18N4O. The second-order valence-corrected chi connectivity index (χ2v) is 4.40. The van der Waals surface area contributed by atoms with Crippen LogP contribution in [0.2, 0.25) is 0 Å². The fourth-order valence-electron chi connectivity index (χ4n) is 1.96. The number of pyridine rings is 1. The normalized spacial score (nSPS) is 11.3. The van der Waals surface area contributed by atoms with E-state index in [1.807, 2.05) is 24.3 Å². The highest BCUT2D eigenvalue weighted by molar-refractivity contribution is 5.96. The fourth-order valence-corrected chi connectivity index (χ4v) is 1.96. The van der Waals surface area contributed by atoms with E-state index in [1.165, 1.54) is 5.56 Å². The van der Waals surface area contributed by atoms with Gasteiger partial charge in [-0.3, -0.25) is 4.98 Å². The van der Waals surface area contributed by atoms with Crippen molar-refractivity contribution >= 4 is 11.5 Å². The molecule has 1 aromatic carbocycles. The van der Waals surface area contributed by atoms with Gasteiger partial charge in [-0.2, -0.15) is 0 Å². The first kappa shape index (κ1) is 13.9. The lowest BCUT2D eigenvalue weighted by Gasteiger charge is -2.10. The molecule has 2 rings (SSSR count). The zero-order chi connectivity index (χ0) is 14.4. The molecule has 1 heterocycles. The third-order valence-electron chi connectivity index (χ3n) is 3.06. The number of aromatic nitrogens is 1. The van der Waals surface area contributed by atoms with Crippen molar-refractivity contribution < 1.29 is 5.21 Å². The summed E-state index contributed by atoms with van der Waals surface area (Å²) in [5, 5.41) is 15.1. The van der Waals surface area contributed by atoms with E-state index >= 15 is 0 Å². The summed E-state index contributed by atoms with van der Waals surface area (Å²) in [7, 11) is 0. The molecule has 0 aliphatic carbocycles. The first-order valence-electron chi connectivity index (χ1n) is 6.49. The number of nitrogens with zero attached hydrogens (tertiary/aromatic N) is 2. The smallest absolute Gasteiger partial charge is 0.189 e. The van der Waals surface area contributed by atoms with Crippen LogP contribution in [0.5, 0.6) is 0 Å². The van der Waals surface area contributed by atoms with Crippen LogP contribution in [-0.2, 0) is 13.0 Å². The average molecular weight is 270 g/mol.